The summed E-state index contributed by atoms with van der Waals surface area (Å²) >= 11 is 0. The van der Waals surface area contributed by atoms with Crippen LogP contribution in [0, 0.1) is 5.92 Å². The van der Waals surface area contributed by atoms with E-state index in [4.69, 9.17) is 0 Å². The van der Waals surface area contributed by atoms with E-state index >= 15 is 0 Å². The lowest BCUT2D eigenvalue weighted by Crippen LogP contribution is -2.34. The predicted octanol–water partition coefficient (Wildman–Crippen LogP) is 1.80. The molecule has 1 aromatic carbocycles. The van der Waals surface area contributed by atoms with E-state index < -0.39 is 10.0 Å². The molecule has 122 valence electrons. The summed E-state index contributed by atoms with van der Waals surface area (Å²) in [4.78, 5) is 11.7. The third kappa shape index (κ3) is 6.15. The van der Waals surface area contributed by atoms with Gasteiger partial charge in [-0.2, -0.15) is 0 Å². The van der Waals surface area contributed by atoms with E-state index in [1.165, 1.54) is 12.8 Å². The normalized spacial score (nSPS) is 15.8. The van der Waals surface area contributed by atoms with Gasteiger partial charge in [0.25, 0.3) is 0 Å². The highest BCUT2D eigenvalue weighted by atomic mass is 32.2. The van der Waals surface area contributed by atoms with Gasteiger partial charge in [-0.3, -0.25) is 4.79 Å². The Morgan fingerprint density at radius 2 is 1.82 bits per heavy atom. The number of benzene rings is 1. The third-order valence-electron chi connectivity index (χ3n) is 3.98. The van der Waals surface area contributed by atoms with E-state index in [0.29, 0.717) is 12.3 Å². The number of sulfonamides is 1. The van der Waals surface area contributed by atoms with Gasteiger partial charge in [-0.15, -0.1) is 0 Å². The first-order chi connectivity index (χ1) is 10.6. The summed E-state index contributed by atoms with van der Waals surface area (Å²) in [7, 11) is -3.37. The summed E-state index contributed by atoms with van der Waals surface area (Å²) < 4.78 is 26.3. The van der Waals surface area contributed by atoms with Crippen LogP contribution >= 0.6 is 0 Å². The lowest BCUT2D eigenvalue weighted by atomic mass is 10.0. The number of carbonyl (C=O) groups excluding carboxylic acids is 1. The number of rotatable bonds is 8. The molecule has 1 saturated carbocycles. The van der Waals surface area contributed by atoms with E-state index in [1.54, 1.807) is 0 Å². The summed E-state index contributed by atoms with van der Waals surface area (Å²) in [6.45, 7) is 0.439. The van der Waals surface area contributed by atoms with E-state index in [0.717, 1.165) is 18.4 Å². The summed E-state index contributed by atoms with van der Waals surface area (Å²) in [6, 6.07) is 9.36. The van der Waals surface area contributed by atoms with Gasteiger partial charge >= 0.3 is 0 Å². The van der Waals surface area contributed by atoms with Crippen molar-refractivity contribution < 1.29 is 13.2 Å². The summed E-state index contributed by atoms with van der Waals surface area (Å²) in [5.74, 6) is 0.356. The Labute approximate surface area is 132 Å². The van der Waals surface area contributed by atoms with Crippen molar-refractivity contribution in [3.8, 4) is 0 Å². The van der Waals surface area contributed by atoms with Gasteiger partial charge < -0.3 is 5.32 Å². The highest BCUT2D eigenvalue weighted by molar-refractivity contribution is 7.89. The second-order valence-corrected chi connectivity index (χ2v) is 7.76. The molecule has 6 heteroatoms. The van der Waals surface area contributed by atoms with Crippen LogP contribution in [0.5, 0.6) is 0 Å². The Morgan fingerprint density at radius 3 is 2.50 bits per heavy atom. The minimum atomic E-state index is -3.37. The van der Waals surface area contributed by atoms with Gasteiger partial charge in [0.05, 0.1) is 5.75 Å². The van der Waals surface area contributed by atoms with Crippen molar-refractivity contribution in [3.63, 3.8) is 0 Å². The quantitative estimate of drug-likeness (QED) is 0.766. The minimum Gasteiger partial charge on any atom is -0.355 e. The minimum absolute atomic E-state index is 0.0369. The molecule has 0 saturated heterocycles. The van der Waals surface area contributed by atoms with Gasteiger partial charge in [0.2, 0.25) is 15.9 Å². The number of hydrogen-bond acceptors (Lipinski definition) is 3. The monoisotopic (exact) mass is 324 g/mol. The largest absolute Gasteiger partial charge is 0.355 e. The zero-order valence-corrected chi connectivity index (χ0v) is 13.6. The Kier molecular flexibility index (Phi) is 6.39. The molecule has 1 aliphatic carbocycles. The molecular formula is C16H24N2O3S. The van der Waals surface area contributed by atoms with E-state index in [-0.39, 0.29) is 24.7 Å². The zero-order valence-electron chi connectivity index (χ0n) is 12.8. The molecule has 0 aromatic heterocycles. The van der Waals surface area contributed by atoms with Crippen LogP contribution < -0.4 is 10.0 Å². The molecule has 0 radical (unpaired) electrons. The first-order valence-corrected chi connectivity index (χ1v) is 9.48. The van der Waals surface area contributed by atoms with Crippen LogP contribution in [0.2, 0.25) is 0 Å². The molecule has 1 aromatic rings. The number of carbonyl (C=O) groups is 1. The molecule has 0 aliphatic heterocycles. The van der Waals surface area contributed by atoms with E-state index in [2.05, 4.69) is 10.0 Å². The predicted molar refractivity (Wildman–Crippen MR) is 86.7 cm³/mol. The topological polar surface area (TPSA) is 75.3 Å². The highest BCUT2D eigenvalue weighted by Gasteiger charge is 2.18. The van der Waals surface area contributed by atoms with E-state index in [9.17, 15) is 13.2 Å². The molecule has 1 aliphatic rings. The second kappa shape index (κ2) is 8.29. The SMILES string of the molecule is O=C(CC1CCCC1)NCCS(=O)(=O)NCc1ccccc1. The fourth-order valence-electron chi connectivity index (χ4n) is 2.73. The van der Waals surface area contributed by atoms with Crippen molar-refractivity contribution in [2.75, 3.05) is 12.3 Å². The summed E-state index contributed by atoms with van der Waals surface area (Å²) in [5, 5.41) is 2.71. The lowest BCUT2D eigenvalue weighted by Gasteiger charge is -2.10. The molecule has 5 nitrogen and oxygen atoms in total. The van der Waals surface area contributed by atoms with Crippen molar-refractivity contribution in [1.29, 1.82) is 0 Å². The number of nitrogens with one attached hydrogen (secondary N) is 2. The molecular weight excluding hydrogens is 300 g/mol. The van der Waals surface area contributed by atoms with Crippen molar-refractivity contribution in [2.45, 2.75) is 38.6 Å². The number of amides is 1. The molecule has 0 heterocycles. The maximum Gasteiger partial charge on any atom is 0.220 e. The average molecular weight is 324 g/mol. The van der Waals surface area contributed by atoms with Crippen molar-refractivity contribution in [3.05, 3.63) is 35.9 Å². The Hall–Kier alpha value is -1.40. The van der Waals surface area contributed by atoms with Gasteiger partial charge in [0.15, 0.2) is 0 Å². The summed E-state index contributed by atoms with van der Waals surface area (Å²) in [5.41, 5.74) is 0.913. The number of hydrogen-bond donors (Lipinski definition) is 2. The van der Waals surface area contributed by atoms with Gasteiger partial charge in [0.1, 0.15) is 0 Å². The maximum atomic E-state index is 11.9. The van der Waals surface area contributed by atoms with Gasteiger partial charge in [-0.25, -0.2) is 13.1 Å². The van der Waals surface area contributed by atoms with Gasteiger partial charge in [-0.1, -0.05) is 43.2 Å². The van der Waals surface area contributed by atoms with Crippen LogP contribution in [-0.2, 0) is 21.4 Å². The van der Waals surface area contributed by atoms with Crippen LogP contribution in [0.1, 0.15) is 37.7 Å². The first-order valence-electron chi connectivity index (χ1n) is 7.83. The Balaban J connectivity index is 1.65. The smallest absolute Gasteiger partial charge is 0.220 e. The second-order valence-electron chi connectivity index (χ2n) is 5.83. The van der Waals surface area contributed by atoms with Crippen molar-refractivity contribution >= 4 is 15.9 Å². The van der Waals surface area contributed by atoms with Crippen molar-refractivity contribution in [1.82, 2.24) is 10.0 Å². The fourth-order valence-corrected chi connectivity index (χ4v) is 3.64. The maximum absolute atomic E-state index is 11.9. The van der Waals surface area contributed by atoms with Crippen molar-refractivity contribution in [2.24, 2.45) is 5.92 Å². The lowest BCUT2D eigenvalue weighted by molar-refractivity contribution is -0.121. The van der Waals surface area contributed by atoms with Gasteiger partial charge in [-0.05, 0) is 24.3 Å². The van der Waals surface area contributed by atoms with Crippen LogP contribution in [0.15, 0.2) is 30.3 Å². The Bertz CT molecular complexity index is 566. The standard InChI is InChI=1S/C16H24N2O3S/c19-16(12-14-6-4-5-7-14)17-10-11-22(20,21)18-13-15-8-2-1-3-9-15/h1-3,8-9,14,18H,4-7,10-13H2,(H,17,19). The third-order valence-corrected chi connectivity index (χ3v) is 5.31. The molecule has 0 spiro atoms. The zero-order chi connectivity index (χ0) is 15.8. The van der Waals surface area contributed by atoms with Crippen LogP contribution in [-0.4, -0.2) is 26.6 Å². The fraction of sp³-hybridized carbons (Fsp3) is 0.562. The molecule has 0 unspecified atom stereocenters. The first kappa shape index (κ1) is 17.0. The van der Waals surface area contributed by atoms with Gasteiger partial charge in [0, 0.05) is 19.5 Å². The van der Waals surface area contributed by atoms with E-state index in [1.807, 2.05) is 30.3 Å². The summed E-state index contributed by atoms with van der Waals surface area (Å²) in [6.07, 6.45) is 5.16. The highest BCUT2D eigenvalue weighted by Crippen LogP contribution is 2.27. The molecule has 22 heavy (non-hydrogen) atoms. The molecule has 1 fully saturated rings. The molecule has 1 amide bonds. The molecule has 2 N–H and O–H groups in total. The van der Waals surface area contributed by atoms with Crippen LogP contribution in [0.25, 0.3) is 0 Å². The molecule has 0 bridgehead atoms. The average Bonchev–Trinajstić information content (AvgIpc) is 2.99. The molecule has 2 rings (SSSR count). The van der Waals surface area contributed by atoms with Crippen LogP contribution in [0.3, 0.4) is 0 Å². The molecule has 0 atom stereocenters. The van der Waals surface area contributed by atoms with Crippen LogP contribution in [0.4, 0.5) is 0 Å². The Morgan fingerprint density at radius 1 is 1.14 bits per heavy atom.